The molecule has 162 valence electrons. The first kappa shape index (κ1) is 21.2. The van der Waals surface area contributed by atoms with Gasteiger partial charge in [0.1, 0.15) is 23.7 Å². The summed E-state index contributed by atoms with van der Waals surface area (Å²) in [5.74, 6) is 0.498. The molecule has 4 heteroatoms. The highest BCUT2D eigenvalue weighted by Crippen LogP contribution is 2.45. The number of hydrogen-bond acceptors (Lipinski definition) is 4. The van der Waals surface area contributed by atoms with E-state index in [1.54, 1.807) is 0 Å². The third-order valence-corrected chi connectivity index (χ3v) is 6.63. The van der Waals surface area contributed by atoms with Crippen molar-refractivity contribution in [3.63, 3.8) is 0 Å². The first-order valence-corrected chi connectivity index (χ1v) is 10.8. The van der Waals surface area contributed by atoms with Crippen LogP contribution in [-0.2, 0) is 16.0 Å². The van der Waals surface area contributed by atoms with Crippen molar-refractivity contribution in [3.05, 3.63) is 69.8 Å². The van der Waals surface area contributed by atoms with Crippen LogP contribution in [-0.4, -0.2) is 23.3 Å². The number of aryl methyl sites for hydroxylation is 1. The molecule has 1 aliphatic heterocycles. The van der Waals surface area contributed by atoms with Gasteiger partial charge in [-0.05, 0) is 74.6 Å². The number of carbonyl (C=O) groups is 1. The van der Waals surface area contributed by atoms with Crippen molar-refractivity contribution in [2.75, 3.05) is 6.61 Å². The van der Waals surface area contributed by atoms with E-state index in [-0.39, 0.29) is 18.5 Å². The number of phenolic OH excluding ortho intramolecular Hbond substituents is 1. The van der Waals surface area contributed by atoms with Crippen LogP contribution in [0.5, 0.6) is 11.5 Å². The summed E-state index contributed by atoms with van der Waals surface area (Å²) in [5, 5.41) is 12.7. The van der Waals surface area contributed by atoms with Gasteiger partial charge in [0.05, 0.1) is 5.92 Å². The summed E-state index contributed by atoms with van der Waals surface area (Å²) in [6.07, 6.45) is 0.597. The van der Waals surface area contributed by atoms with E-state index >= 15 is 0 Å². The minimum Gasteiger partial charge on any atom is -0.507 e. The Morgan fingerprint density at radius 2 is 1.74 bits per heavy atom. The van der Waals surface area contributed by atoms with Crippen LogP contribution < -0.4 is 4.74 Å². The smallest absolute Gasteiger partial charge is 0.313 e. The third kappa shape index (κ3) is 3.76. The zero-order valence-corrected chi connectivity index (χ0v) is 19.1. The standard InChI is InChI=1S/C27H30O4/c1-15-7-8-22-12-20(9-10-21(22)11-15)18(4)26(29)30-14-27(6)13-23-19(5)24(28)16(2)17(3)25(23)31-27/h7-12,18,28H,13-14H2,1-6H3. The lowest BCUT2D eigenvalue weighted by Crippen LogP contribution is -2.37. The lowest BCUT2D eigenvalue weighted by molar-refractivity contribution is -0.150. The first-order chi connectivity index (χ1) is 14.6. The summed E-state index contributed by atoms with van der Waals surface area (Å²) >= 11 is 0. The normalized spacial score (nSPS) is 18.5. The van der Waals surface area contributed by atoms with E-state index in [4.69, 9.17) is 9.47 Å². The summed E-state index contributed by atoms with van der Waals surface area (Å²) in [7, 11) is 0. The Balaban J connectivity index is 1.48. The number of aromatic hydroxyl groups is 1. The second-order valence-corrected chi connectivity index (χ2v) is 9.20. The van der Waals surface area contributed by atoms with Crippen molar-refractivity contribution in [2.45, 2.75) is 59.5 Å². The van der Waals surface area contributed by atoms with E-state index in [0.717, 1.165) is 39.0 Å². The van der Waals surface area contributed by atoms with Gasteiger partial charge >= 0.3 is 5.97 Å². The zero-order valence-electron chi connectivity index (χ0n) is 19.1. The average molecular weight is 419 g/mol. The van der Waals surface area contributed by atoms with Crippen LogP contribution in [0.15, 0.2) is 36.4 Å². The molecule has 0 saturated carbocycles. The fourth-order valence-electron chi connectivity index (χ4n) is 4.39. The van der Waals surface area contributed by atoms with Gasteiger partial charge in [-0.2, -0.15) is 0 Å². The summed E-state index contributed by atoms with van der Waals surface area (Å²) in [5.41, 5.74) is 5.12. The molecule has 2 unspecified atom stereocenters. The summed E-state index contributed by atoms with van der Waals surface area (Å²) in [6.45, 7) is 11.8. The lowest BCUT2D eigenvalue weighted by Gasteiger charge is -2.25. The van der Waals surface area contributed by atoms with Crippen LogP contribution in [0.1, 0.15) is 53.1 Å². The number of ether oxygens (including phenoxy) is 2. The molecule has 0 radical (unpaired) electrons. The Hall–Kier alpha value is -3.01. The molecule has 0 aromatic heterocycles. The molecule has 0 bridgehead atoms. The molecule has 0 amide bonds. The van der Waals surface area contributed by atoms with E-state index < -0.39 is 5.60 Å². The van der Waals surface area contributed by atoms with E-state index in [0.29, 0.717) is 12.2 Å². The number of phenols is 1. The molecule has 0 saturated heterocycles. The molecule has 31 heavy (non-hydrogen) atoms. The van der Waals surface area contributed by atoms with Gasteiger partial charge < -0.3 is 14.6 Å². The van der Waals surface area contributed by atoms with Crippen LogP contribution in [0.25, 0.3) is 10.8 Å². The van der Waals surface area contributed by atoms with E-state index in [1.165, 1.54) is 10.9 Å². The summed E-state index contributed by atoms with van der Waals surface area (Å²) in [4.78, 5) is 12.8. The highest BCUT2D eigenvalue weighted by atomic mass is 16.6. The fraction of sp³-hybridized carbons (Fsp3) is 0.370. The topological polar surface area (TPSA) is 55.8 Å². The van der Waals surface area contributed by atoms with Gasteiger partial charge in [-0.15, -0.1) is 0 Å². The third-order valence-electron chi connectivity index (χ3n) is 6.63. The van der Waals surface area contributed by atoms with Gasteiger partial charge in [-0.3, -0.25) is 4.79 Å². The number of rotatable bonds is 4. The lowest BCUT2D eigenvalue weighted by atomic mass is 9.93. The molecule has 1 heterocycles. The van der Waals surface area contributed by atoms with Gasteiger partial charge in [-0.25, -0.2) is 0 Å². The molecule has 1 N–H and O–H groups in total. The largest absolute Gasteiger partial charge is 0.507 e. The number of esters is 1. The van der Waals surface area contributed by atoms with Gasteiger partial charge in [-0.1, -0.05) is 42.0 Å². The van der Waals surface area contributed by atoms with Gasteiger partial charge in [0.25, 0.3) is 0 Å². The molecule has 0 spiro atoms. The maximum absolute atomic E-state index is 12.8. The Morgan fingerprint density at radius 1 is 1.06 bits per heavy atom. The quantitative estimate of drug-likeness (QED) is 0.543. The molecular formula is C27H30O4. The van der Waals surface area contributed by atoms with Crippen molar-refractivity contribution in [1.82, 2.24) is 0 Å². The second kappa shape index (κ2) is 7.60. The zero-order chi connectivity index (χ0) is 22.5. The van der Waals surface area contributed by atoms with Crippen molar-refractivity contribution < 1.29 is 19.4 Å². The Labute approximate surface area is 183 Å². The SMILES string of the molecule is Cc1ccc2cc(C(C)C(=O)OCC3(C)Cc4c(C)c(O)c(C)c(C)c4O3)ccc2c1. The van der Waals surface area contributed by atoms with E-state index in [1.807, 2.05) is 40.7 Å². The van der Waals surface area contributed by atoms with Gasteiger partial charge in [0.15, 0.2) is 0 Å². The molecule has 1 aliphatic rings. The molecule has 0 fully saturated rings. The minimum atomic E-state index is -0.644. The number of carbonyl (C=O) groups excluding carboxylic acids is 1. The van der Waals surface area contributed by atoms with Crippen molar-refractivity contribution in [2.24, 2.45) is 0 Å². The average Bonchev–Trinajstić information content (AvgIpc) is 3.12. The first-order valence-electron chi connectivity index (χ1n) is 10.8. The molecule has 4 nitrogen and oxygen atoms in total. The highest BCUT2D eigenvalue weighted by Gasteiger charge is 2.39. The summed E-state index contributed by atoms with van der Waals surface area (Å²) in [6, 6.07) is 12.4. The molecule has 2 atom stereocenters. The van der Waals surface area contributed by atoms with Crippen LogP contribution in [0.3, 0.4) is 0 Å². The predicted octanol–water partition coefficient (Wildman–Crippen LogP) is 5.82. The maximum Gasteiger partial charge on any atom is 0.313 e. The molecular weight excluding hydrogens is 388 g/mol. The van der Waals surface area contributed by atoms with Crippen molar-refractivity contribution in [1.29, 1.82) is 0 Å². The predicted molar refractivity (Wildman–Crippen MR) is 123 cm³/mol. The molecule has 4 rings (SSSR count). The van der Waals surface area contributed by atoms with Crippen molar-refractivity contribution in [3.8, 4) is 11.5 Å². The summed E-state index contributed by atoms with van der Waals surface area (Å²) < 4.78 is 12.0. The molecule has 3 aromatic rings. The number of hydrogen-bond donors (Lipinski definition) is 1. The van der Waals surface area contributed by atoms with Crippen LogP contribution in [0, 0.1) is 27.7 Å². The van der Waals surface area contributed by atoms with Crippen LogP contribution in [0.2, 0.25) is 0 Å². The van der Waals surface area contributed by atoms with Gasteiger partial charge in [0.2, 0.25) is 0 Å². The highest BCUT2D eigenvalue weighted by molar-refractivity contribution is 5.86. The Kier molecular flexibility index (Phi) is 5.20. The number of benzene rings is 3. The molecule has 0 aliphatic carbocycles. The second-order valence-electron chi connectivity index (χ2n) is 9.20. The maximum atomic E-state index is 12.8. The van der Waals surface area contributed by atoms with Crippen molar-refractivity contribution >= 4 is 16.7 Å². The molecule has 3 aromatic carbocycles. The minimum absolute atomic E-state index is 0.163. The number of fused-ring (bicyclic) bond motifs is 2. The van der Waals surface area contributed by atoms with Crippen LogP contribution >= 0.6 is 0 Å². The fourth-order valence-corrected chi connectivity index (χ4v) is 4.39. The van der Waals surface area contributed by atoms with E-state index in [9.17, 15) is 9.90 Å². The van der Waals surface area contributed by atoms with E-state index in [2.05, 4.69) is 37.3 Å². The monoisotopic (exact) mass is 418 g/mol. The Bertz CT molecular complexity index is 1150. The van der Waals surface area contributed by atoms with Gasteiger partial charge in [0, 0.05) is 12.0 Å². The van der Waals surface area contributed by atoms with Crippen LogP contribution in [0.4, 0.5) is 0 Å². The Morgan fingerprint density at radius 3 is 2.48 bits per heavy atom.